The molecule has 2 aromatic carbocycles. The molecule has 3 rings (SSSR count). The summed E-state index contributed by atoms with van der Waals surface area (Å²) < 4.78 is 10.9. The van der Waals surface area contributed by atoms with Crippen LogP contribution in [0.25, 0.3) is 6.08 Å². The standard InChI is InChI=1S/C20H17NO4S2/c1-12-6-4-5-7-15(12)21-19(23)18(27-20(21)26)11-14-8-9-16(25-13(2)22)17(10-14)24-3/h4-11H,1-3H3/b18-11-. The Labute approximate surface area is 167 Å². The first kappa shape index (κ1) is 19.1. The van der Waals surface area contributed by atoms with Crippen LogP contribution in [-0.2, 0) is 9.59 Å². The van der Waals surface area contributed by atoms with Gasteiger partial charge in [-0.05, 0) is 42.3 Å². The normalized spacial score (nSPS) is 15.4. The minimum atomic E-state index is -0.430. The Kier molecular flexibility index (Phi) is 5.62. The number of thiocarbonyl (C=S) groups is 1. The van der Waals surface area contributed by atoms with Crippen LogP contribution in [0.15, 0.2) is 47.4 Å². The van der Waals surface area contributed by atoms with Crippen LogP contribution < -0.4 is 14.4 Å². The zero-order chi connectivity index (χ0) is 19.6. The Morgan fingerprint density at radius 2 is 1.93 bits per heavy atom. The first-order valence-electron chi connectivity index (χ1n) is 8.10. The van der Waals surface area contributed by atoms with Gasteiger partial charge in [0.05, 0.1) is 17.7 Å². The van der Waals surface area contributed by atoms with Crippen LogP contribution in [0.4, 0.5) is 5.69 Å². The fourth-order valence-electron chi connectivity index (χ4n) is 2.65. The number of nitrogens with zero attached hydrogens (tertiary/aromatic N) is 1. The molecule has 1 aliphatic rings. The molecule has 0 spiro atoms. The number of hydrogen-bond donors (Lipinski definition) is 0. The van der Waals surface area contributed by atoms with Crippen LogP contribution in [0, 0.1) is 6.92 Å². The SMILES string of the molecule is COc1cc(/C=C2\SC(=S)N(c3ccccc3C)C2=O)ccc1OC(C)=O. The molecule has 0 aromatic heterocycles. The van der Waals surface area contributed by atoms with Gasteiger partial charge in [0.15, 0.2) is 15.8 Å². The van der Waals surface area contributed by atoms with E-state index in [1.54, 1.807) is 29.2 Å². The lowest BCUT2D eigenvalue weighted by Crippen LogP contribution is -2.28. The Hall–Kier alpha value is -2.64. The van der Waals surface area contributed by atoms with Crippen molar-refractivity contribution in [3.05, 3.63) is 58.5 Å². The summed E-state index contributed by atoms with van der Waals surface area (Å²) in [4.78, 5) is 26.1. The van der Waals surface area contributed by atoms with E-state index >= 15 is 0 Å². The van der Waals surface area contributed by atoms with Gasteiger partial charge in [-0.1, -0.05) is 48.2 Å². The second kappa shape index (κ2) is 7.94. The highest BCUT2D eigenvalue weighted by Crippen LogP contribution is 2.38. The summed E-state index contributed by atoms with van der Waals surface area (Å²) >= 11 is 6.67. The van der Waals surface area contributed by atoms with Gasteiger partial charge in [-0.3, -0.25) is 14.5 Å². The van der Waals surface area contributed by atoms with Gasteiger partial charge in [-0.25, -0.2) is 0 Å². The average molecular weight is 399 g/mol. The summed E-state index contributed by atoms with van der Waals surface area (Å²) in [5.74, 6) is 0.144. The third-order valence-corrected chi connectivity index (χ3v) is 5.19. The molecule has 0 radical (unpaired) electrons. The molecule has 5 nitrogen and oxygen atoms in total. The summed E-state index contributed by atoms with van der Waals surface area (Å²) in [5, 5.41) is 0. The largest absolute Gasteiger partial charge is 0.493 e. The van der Waals surface area contributed by atoms with E-state index in [9.17, 15) is 9.59 Å². The van der Waals surface area contributed by atoms with Crippen molar-refractivity contribution in [2.45, 2.75) is 13.8 Å². The number of methoxy groups -OCH3 is 1. The predicted molar refractivity (Wildman–Crippen MR) is 111 cm³/mol. The first-order chi connectivity index (χ1) is 12.9. The number of carbonyl (C=O) groups excluding carboxylic acids is 2. The van der Waals surface area contributed by atoms with Crippen LogP contribution in [0.3, 0.4) is 0 Å². The molecule has 0 atom stereocenters. The summed E-state index contributed by atoms with van der Waals surface area (Å²) in [6.45, 7) is 3.26. The second-order valence-corrected chi connectivity index (χ2v) is 7.48. The molecular formula is C20H17NO4S2. The monoisotopic (exact) mass is 399 g/mol. The van der Waals surface area contributed by atoms with Gasteiger partial charge < -0.3 is 9.47 Å². The molecule has 0 bridgehead atoms. The van der Waals surface area contributed by atoms with Crippen molar-refractivity contribution in [1.29, 1.82) is 0 Å². The van der Waals surface area contributed by atoms with Crippen LogP contribution in [0.5, 0.6) is 11.5 Å². The number of benzene rings is 2. The van der Waals surface area contributed by atoms with Crippen LogP contribution >= 0.6 is 24.0 Å². The molecule has 7 heteroatoms. The van der Waals surface area contributed by atoms with Crippen molar-refractivity contribution in [3.63, 3.8) is 0 Å². The molecule has 1 fully saturated rings. The lowest BCUT2D eigenvalue weighted by atomic mass is 10.1. The molecule has 0 saturated carbocycles. The molecule has 138 valence electrons. The summed E-state index contributed by atoms with van der Waals surface area (Å²) in [5.41, 5.74) is 2.50. The average Bonchev–Trinajstić information content (AvgIpc) is 2.90. The highest BCUT2D eigenvalue weighted by Gasteiger charge is 2.33. The summed E-state index contributed by atoms with van der Waals surface area (Å²) in [7, 11) is 1.49. The Morgan fingerprint density at radius 1 is 1.19 bits per heavy atom. The van der Waals surface area contributed by atoms with Crippen LogP contribution in [0.2, 0.25) is 0 Å². The number of ether oxygens (including phenoxy) is 2. The minimum Gasteiger partial charge on any atom is -0.493 e. The Morgan fingerprint density at radius 3 is 2.59 bits per heavy atom. The van der Waals surface area contributed by atoms with Gasteiger partial charge in [0.1, 0.15) is 0 Å². The number of aryl methyl sites for hydroxylation is 1. The van der Waals surface area contributed by atoms with Gasteiger partial charge in [-0.15, -0.1) is 0 Å². The van der Waals surface area contributed by atoms with Gasteiger partial charge in [0, 0.05) is 6.92 Å². The highest BCUT2D eigenvalue weighted by molar-refractivity contribution is 8.27. The third kappa shape index (κ3) is 4.04. The Bertz CT molecular complexity index is 968. The fourth-order valence-corrected chi connectivity index (χ4v) is 3.94. The molecule has 0 aliphatic carbocycles. The van der Waals surface area contributed by atoms with E-state index in [2.05, 4.69) is 0 Å². The Balaban J connectivity index is 1.92. The molecule has 0 N–H and O–H groups in total. The van der Waals surface area contributed by atoms with Gasteiger partial charge in [-0.2, -0.15) is 0 Å². The molecule has 0 unspecified atom stereocenters. The highest BCUT2D eigenvalue weighted by atomic mass is 32.2. The van der Waals surface area contributed by atoms with E-state index in [0.29, 0.717) is 20.7 Å². The topological polar surface area (TPSA) is 55.8 Å². The van der Waals surface area contributed by atoms with Gasteiger partial charge in [0.25, 0.3) is 5.91 Å². The third-order valence-electron chi connectivity index (χ3n) is 3.89. The zero-order valence-electron chi connectivity index (χ0n) is 15.0. The van der Waals surface area contributed by atoms with E-state index in [-0.39, 0.29) is 5.91 Å². The molecule has 27 heavy (non-hydrogen) atoms. The second-order valence-electron chi connectivity index (χ2n) is 5.81. The van der Waals surface area contributed by atoms with E-state index in [4.69, 9.17) is 21.7 Å². The number of carbonyl (C=O) groups is 2. The number of anilines is 1. The molecule has 1 saturated heterocycles. The summed E-state index contributed by atoms with van der Waals surface area (Å²) in [6.07, 6.45) is 1.75. The van der Waals surface area contributed by atoms with Crippen LogP contribution in [0.1, 0.15) is 18.1 Å². The van der Waals surface area contributed by atoms with Gasteiger partial charge in [0.2, 0.25) is 0 Å². The van der Waals surface area contributed by atoms with Crippen molar-refractivity contribution in [3.8, 4) is 11.5 Å². The maximum absolute atomic E-state index is 12.9. The van der Waals surface area contributed by atoms with Crippen LogP contribution in [-0.4, -0.2) is 23.3 Å². The number of rotatable bonds is 4. The molecule has 1 aliphatic heterocycles. The fraction of sp³-hybridized carbons (Fsp3) is 0.150. The van der Waals surface area contributed by atoms with Crippen molar-refractivity contribution >= 4 is 51.9 Å². The molecule has 2 aromatic rings. The zero-order valence-corrected chi connectivity index (χ0v) is 16.6. The van der Waals surface area contributed by atoms with E-state index in [1.165, 1.54) is 25.8 Å². The first-order valence-corrected chi connectivity index (χ1v) is 9.33. The number of thioether (sulfide) groups is 1. The lowest BCUT2D eigenvalue weighted by molar-refractivity contribution is -0.132. The quantitative estimate of drug-likeness (QED) is 0.330. The maximum Gasteiger partial charge on any atom is 0.308 e. The van der Waals surface area contributed by atoms with E-state index in [0.717, 1.165) is 16.8 Å². The van der Waals surface area contributed by atoms with Crippen molar-refractivity contribution in [2.75, 3.05) is 12.0 Å². The predicted octanol–water partition coefficient (Wildman–Crippen LogP) is 4.33. The molecule has 1 amide bonds. The van der Waals surface area contributed by atoms with Gasteiger partial charge >= 0.3 is 5.97 Å². The number of amides is 1. The lowest BCUT2D eigenvalue weighted by Gasteiger charge is -2.16. The van der Waals surface area contributed by atoms with Crippen molar-refractivity contribution < 1.29 is 19.1 Å². The number of para-hydroxylation sites is 1. The van der Waals surface area contributed by atoms with Crippen molar-refractivity contribution in [1.82, 2.24) is 0 Å². The maximum atomic E-state index is 12.9. The van der Waals surface area contributed by atoms with E-state index in [1.807, 2.05) is 31.2 Å². The number of hydrogen-bond acceptors (Lipinski definition) is 6. The number of esters is 1. The smallest absolute Gasteiger partial charge is 0.308 e. The van der Waals surface area contributed by atoms with Crippen molar-refractivity contribution in [2.24, 2.45) is 0 Å². The molecule has 1 heterocycles. The van der Waals surface area contributed by atoms with E-state index < -0.39 is 5.97 Å². The minimum absolute atomic E-state index is 0.165. The molecular weight excluding hydrogens is 382 g/mol. The summed E-state index contributed by atoms with van der Waals surface area (Å²) in [6, 6.07) is 12.7.